The zero-order valence-corrected chi connectivity index (χ0v) is 13.6. The largest absolute Gasteiger partial charge is 0.360 e. The van der Waals surface area contributed by atoms with Crippen LogP contribution in [0.3, 0.4) is 0 Å². The molecule has 1 aromatic heterocycles. The van der Waals surface area contributed by atoms with Gasteiger partial charge in [-0.15, -0.1) is 0 Å². The van der Waals surface area contributed by atoms with Crippen LogP contribution in [-0.2, 0) is 10.0 Å². The molecule has 23 heavy (non-hydrogen) atoms. The molecule has 118 valence electrons. The average Bonchev–Trinajstić information content (AvgIpc) is 2.88. The lowest BCUT2D eigenvalue weighted by molar-refractivity contribution is 0.390. The molecule has 3 rings (SSSR count). The van der Waals surface area contributed by atoms with E-state index in [0.29, 0.717) is 11.4 Å². The highest BCUT2D eigenvalue weighted by Crippen LogP contribution is 2.25. The van der Waals surface area contributed by atoms with Crippen LogP contribution in [0.4, 0.5) is 5.69 Å². The molecule has 0 bridgehead atoms. The van der Waals surface area contributed by atoms with Crippen molar-refractivity contribution in [2.45, 2.75) is 18.7 Å². The molecule has 0 spiro atoms. The first-order valence-corrected chi connectivity index (χ1v) is 8.57. The summed E-state index contributed by atoms with van der Waals surface area (Å²) in [6.07, 6.45) is 0. The van der Waals surface area contributed by atoms with Crippen LogP contribution in [0, 0.1) is 13.8 Å². The van der Waals surface area contributed by atoms with Crippen molar-refractivity contribution in [3.05, 3.63) is 66.1 Å². The Morgan fingerprint density at radius 3 is 2.09 bits per heavy atom. The summed E-state index contributed by atoms with van der Waals surface area (Å²) in [5.74, 6) is 0.274. The third-order valence-corrected chi connectivity index (χ3v) is 5.11. The molecule has 0 saturated heterocycles. The van der Waals surface area contributed by atoms with Gasteiger partial charge in [0.2, 0.25) is 0 Å². The maximum absolute atomic E-state index is 12.4. The Balaban J connectivity index is 1.87. The summed E-state index contributed by atoms with van der Waals surface area (Å²) in [7, 11) is -3.72. The van der Waals surface area contributed by atoms with Crippen LogP contribution in [0.25, 0.3) is 11.1 Å². The predicted octanol–water partition coefficient (Wildman–Crippen LogP) is 3.76. The molecular formula is C17H16N2O3S. The fraction of sp³-hybridized carbons (Fsp3) is 0.118. The van der Waals surface area contributed by atoms with Crippen molar-refractivity contribution in [2.24, 2.45) is 0 Å². The Morgan fingerprint density at radius 1 is 0.913 bits per heavy atom. The maximum Gasteiger partial charge on any atom is 0.267 e. The first-order valence-electron chi connectivity index (χ1n) is 7.08. The van der Waals surface area contributed by atoms with E-state index < -0.39 is 10.0 Å². The number of aryl methyl sites for hydroxylation is 2. The van der Waals surface area contributed by atoms with Crippen LogP contribution in [0.2, 0.25) is 0 Å². The molecule has 0 fully saturated rings. The fourth-order valence-electron chi connectivity index (χ4n) is 2.43. The number of hydrogen-bond acceptors (Lipinski definition) is 4. The summed E-state index contributed by atoms with van der Waals surface area (Å²) in [5.41, 5.74) is 2.93. The molecule has 0 saturated carbocycles. The van der Waals surface area contributed by atoms with E-state index in [1.165, 1.54) is 0 Å². The standard InChI is InChI=1S/C17H16N2O3S/c1-12-17(13(2)22-18-12)23(20,21)19-16-10-8-15(9-11-16)14-6-4-3-5-7-14/h3-11,19H,1-2H3. The first kappa shape index (κ1) is 15.3. The van der Waals surface area contributed by atoms with Crippen molar-refractivity contribution in [2.75, 3.05) is 4.72 Å². The molecule has 0 aliphatic rings. The third-order valence-electron chi connectivity index (χ3n) is 3.48. The highest BCUT2D eigenvalue weighted by atomic mass is 32.2. The Kier molecular flexibility index (Phi) is 3.92. The van der Waals surface area contributed by atoms with Gasteiger partial charge in [0.1, 0.15) is 5.69 Å². The van der Waals surface area contributed by atoms with Gasteiger partial charge < -0.3 is 4.52 Å². The van der Waals surface area contributed by atoms with E-state index in [9.17, 15) is 8.42 Å². The van der Waals surface area contributed by atoms with Crippen molar-refractivity contribution in [3.63, 3.8) is 0 Å². The molecule has 6 heteroatoms. The molecule has 0 aliphatic heterocycles. The molecule has 1 heterocycles. The lowest BCUT2D eigenvalue weighted by Crippen LogP contribution is -2.14. The van der Waals surface area contributed by atoms with E-state index in [0.717, 1.165) is 11.1 Å². The lowest BCUT2D eigenvalue weighted by atomic mass is 10.1. The topological polar surface area (TPSA) is 72.2 Å². The third kappa shape index (κ3) is 3.12. The SMILES string of the molecule is Cc1noc(C)c1S(=O)(=O)Nc1ccc(-c2ccccc2)cc1. The number of sulfonamides is 1. The van der Waals surface area contributed by atoms with E-state index in [-0.39, 0.29) is 10.7 Å². The molecule has 0 unspecified atom stereocenters. The number of hydrogen-bond donors (Lipinski definition) is 1. The second-order valence-corrected chi connectivity index (χ2v) is 6.82. The summed E-state index contributed by atoms with van der Waals surface area (Å²) in [5, 5.41) is 3.68. The predicted molar refractivity (Wildman–Crippen MR) is 88.7 cm³/mol. The summed E-state index contributed by atoms with van der Waals surface area (Å²) >= 11 is 0. The second kappa shape index (κ2) is 5.89. The summed E-state index contributed by atoms with van der Waals surface area (Å²) in [4.78, 5) is 0.0876. The molecule has 5 nitrogen and oxygen atoms in total. The van der Waals surface area contributed by atoms with Gasteiger partial charge >= 0.3 is 0 Å². The van der Waals surface area contributed by atoms with Crippen LogP contribution >= 0.6 is 0 Å². The van der Waals surface area contributed by atoms with Gasteiger partial charge in [-0.1, -0.05) is 47.6 Å². The molecule has 0 radical (unpaired) electrons. The number of nitrogens with one attached hydrogen (secondary N) is 1. The van der Waals surface area contributed by atoms with Gasteiger partial charge in [0.05, 0.1) is 0 Å². The zero-order chi connectivity index (χ0) is 16.4. The molecular weight excluding hydrogens is 312 g/mol. The van der Waals surface area contributed by atoms with Crippen molar-refractivity contribution >= 4 is 15.7 Å². The van der Waals surface area contributed by atoms with Crippen molar-refractivity contribution in [3.8, 4) is 11.1 Å². The van der Waals surface area contributed by atoms with E-state index in [4.69, 9.17) is 4.52 Å². The average molecular weight is 328 g/mol. The van der Waals surface area contributed by atoms with Crippen LogP contribution in [0.5, 0.6) is 0 Å². The van der Waals surface area contributed by atoms with E-state index in [2.05, 4.69) is 9.88 Å². The highest BCUT2D eigenvalue weighted by Gasteiger charge is 2.24. The van der Waals surface area contributed by atoms with E-state index in [1.807, 2.05) is 42.5 Å². The monoisotopic (exact) mass is 328 g/mol. The smallest absolute Gasteiger partial charge is 0.267 e. The number of benzene rings is 2. The number of nitrogens with zero attached hydrogens (tertiary/aromatic N) is 1. The molecule has 0 amide bonds. The first-order chi connectivity index (χ1) is 11.0. The van der Waals surface area contributed by atoms with Gasteiger partial charge in [-0.25, -0.2) is 8.42 Å². The van der Waals surface area contributed by atoms with Crippen molar-refractivity contribution in [1.82, 2.24) is 5.16 Å². The minimum atomic E-state index is -3.72. The van der Waals surface area contributed by atoms with Gasteiger partial charge in [0.25, 0.3) is 10.0 Å². The Bertz CT molecular complexity index is 895. The van der Waals surface area contributed by atoms with Gasteiger partial charge in [0, 0.05) is 5.69 Å². The van der Waals surface area contributed by atoms with Gasteiger partial charge in [-0.3, -0.25) is 4.72 Å². The summed E-state index contributed by atoms with van der Waals surface area (Å²) in [6.45, 7) is 3.18. The molecule has 0 atom stereocenters. The minimum absolute atomic E-state index is 0.0876. The van der Waals surface area contributed by atoms with Crippen LogP contribution in [0.15, 0.2) is 64.0 Å². The number of aromatic nitrogens is 1. The van der Waals surface area contributed by atoms with Crippen LogP contribution < -0.4 is 4.72 Å². The van der Waals surface area contributed by atoms with Crippen LogP contribution in [-0.4, -0.2) is 13.6 Å². The lowest BCUT2D eigenvalue weighted by Gasteiger charge is -2.08. The van der Waals surface area contributed by atoms with E-state index >= 15 is 0 Å². The second-order valence-electron chi connectivity index (χ2n) is 5.20. The Hall–Kier alpha value is -2.60. The fourth-order valence-corrected chi connectivity index (χ4v) is 3.82. The van der Waals surface area contributed by atoms with E-state index in [1.54, 1.807) is 26.0 Å². The van der Waals surface area contributed by atoms with Crippen molar-refractivity contribution < 1.29 is 12.9 Å². The van der Waals surface area contributed by atoms with Crippen LogP contribution in [0.1, 0.15) is 11.5 Å². The molecule has 3 aromatic rings. The molecule has 0 aliphatic carbocycles. The molecule has 1 N–H and O–H groups in total. The zero-order valence-electron chi connectivity index (χ0n) is 12.8. The van der Waals surface area contributed by atoms with Gasteiger partial charge in [-0.2, -0.15) is 0 Å². The number of anilines is 1. The maximum atomic E-state index is 12.4. The van der Waals surface area contributed by atoms with Crippen molar-refractivity contribution in [1.29, 1.82) is 0 Å². The molecule has 2 aromatic carbocycles. The normalized spacial score (nSPS) is 11.4. The Labute approximate surface area is 135 Å². The summed E-state index contributed by atoms with van der Waals surface area (Å²) in [6, 6.07) is 17.1. The van der Waals surface area contributed by atoms with Gasteiger partial charge in [0.15, 0.2) is 10.7 Å². The van der Waals surface area contributed by atoms with Gasteiger partial charge in [-0.05, 0) is 37.1 Å². The minimum Gasteiger partial charge on any atom is -0.360 e. The quantitative estimate of drug-likeness (QED) is 0.791. The number of rotatable bonds is 4. The Morgan fingerprint density at radius 2 is 1.52 bits per heavy atom. The highest BCUT2D eigenvalue weighted by molar-refractivity contribution is 7.92. The summed E-state index contributed by atoms with van der Waals surface area (Å²) < 4.78 is 32.4.